The van der Waals surface area contributed by atoms with Crippen molar-refractivity contribution in [3.63, 3.8) is 0 Å². The molecule has 2 aromatic carbocycles. The van der Waals surface area contributed by atoms with Crippen molar-refractivity contribution in [3.8, 4) is 34.8 Å². The second-order valence-corrected chi connectivity index (χ2v) is 9.93. The van der Waals surface area contributed by atoms with E-state index < -0.39 is 0 Å². The number of nitrogen functional groups attached to an aromatic ring is 1. The third-order valence-electron chi connectivity index (χ3n) is 7.08. The molecule has 11 nitrogen and oxygen atoms in total. The van der Waals surface area contributed by atoms with Crippen molar-refractivity contribution in [2.75, 3.05) is 47.1 Å². The van der Waals surface area contributed by atoms with Crippen LogP contribution in [0.25, 0.3) is 10.9 Å². The van der Waals surface area contributed by atoms with Gasteiger partial charge in [0.15, 0.2) is 17.4 Å². The van der Waals surface area contributed by atoms with E-state index in [9.17, 15) is 4.79 Å². The highest BCUT2D eigenvalue weighted by atomic mass is 79.9. The first-order chi connectivity index (χ1) is 22.2. The lowest BCUT2D eigenvalue weighted by molar-refractivity contribution is 0.103. The number of imidazole rings is 1. The van der Waals surface area contributed by atoms with E-state index in [4.69, 9.17) is 24.7 Å². The van der Waals surface area contributed by atoms with Crippen LogP contribution in [-0.4, -0.2) is 66.4 Å². The average molecular weight is 700 g/mol. The molecule has 250 valence electrons. The number of nitrogens with zero attached hydrogens (tertiary/aromatic N) is 4. The summed E-state index contributed by atoms with van der Waals surface area (Å²) in [6.07, 6.45) is 2.96. The molecule has 0 radical (unpaired) electrons. The van der Waals surface area contributed by atoms with Gasteiger partial charge >= 0.3 is 0 Å². The zero-order valence-corrected chi connectivity index (χ0v) is 30.2. The molecular formula is C34H47BrN6O5. The number of ether oxygens (including phenoxy) is 4. The van der Waals surface area contributed by atoms with Crippen LogP contribution in [0.15, 0.2) is 24.3 Å². The summed E-state index contributed by atoms with van der Waals surface area (Å²) in [5.74, 6) is 10.1. The minimum atomic E-state index is -0.250. The van der Waals surface area contributed by atoms with Gasteiger partial charge in [-0.15, -0.1) is 5.92 Å². The lowest BCUT2D eigenvalue weighted by Gasteiger charge is -2.13. The predicted molar refractivity (Wildman–Crippen MR) is 188 cm³/mol. The monoisotopic (exact) mass is 698 g/mol. The van der Waals surface area contributed by atoms with Gasteiger partial charge in [0.1, 0.15) is 11.4 Å². The van der Waals surface area contributed by atoms with E-state index in [2.05, 4.69) is 57.0 Å². The number of carbonyl (C=O) groups excluding carboxylic acids is 1. The Kier molecular flexibility index (Phi) is 15.4. The highest BCUT2D eigenvalue weighted by molar-refractivity contribution is 9.08. The molecule has 0 aliphatic rings. The maximum Gasteiger partial charge on any atom is 0.214 e. The molecule has 0 unspecified atom stereocenters. The molecule has 2 heterocycles. The second-order valence-electron chi connectivity index (χ2n) is 9.93. The molecule has 0 aliphatic heterocycles. The van der Waals surface area contributed by atoms with Gasteiger partial charge in [0.25, 0.3) is 0 Å². The Morgan fingerprint density at radius 1 is 1.00 bits per heavy atom. The van der Waals surface area contributed by atoms with Crippen LogP contribution >= 0.6 is 15.9 Å². The Morgan fingerprint density at radius 3 is 2.13 bits per heavy atom. The first kappa shape index (κ1) is 38.0. The molecule has 0 aliphatic carbocycles. The quantitative estimate of drug-likeness (QED) is 0.108. The summed E-state index contributed by atoms with van der Waals surface area (Å²) in [7, 11) is 10.0. The number of hydrogen-bond donors (Lipinski definition) is 2. The number of alkyl halides is 1. The molecule has 0 fully saturated rings. The van der Waals surface area contributed by atoms with Crippen LogP contribution < -0.4 is 30.0 Å². The number of aryl methyl sites for hydroxylation is 2. The minimum absolute atomic E-state index is 0.250. The fourth-order valence-electron chi connectivity index (χ4n) is 5.00. The molecule has 0 bridgehead atoms. The van der Waals surface area contributed by atoms with E-state index in [1.54, 1.807) is 26.2 Å². The van der Waals surface area contributed by atoms with Gasteiger partial charge in [0.05, 0.1) is 50.9 Å². The molecule has 0 amide bonds. The third-order valence-corrected chi connectivity index (χ3v) is 7.08. The van der Waals surface area contributed by atoms with Crippen LogP contribution in [0.1, 0.15) is 66.6 Å². The second kappa shape index (κ2) is 18.7. The molecule has 0 saturated carbocycles. The van der Waals surface area contributed by atoms with Gasteiger partial charge in [-0.05, 0) is 56.9 Å². The minimum Gasteiger partial charge on any atom is -0.495 e. The molecule has 2 aromatic heterocycles. The van der Waals surface area contributed by atoms with Crippen LogP contribution in [0.2, 0.25) is 0 Å². The van der Waals surface area contributed by atoms with Crippen molar-refractivity contribution in [3.05, 3.63) is 52.5 Å². The molecule has 0 atom stereocenters. The SMILES string of the molecule is CBr.CC#Cc1c(OC)ccc2c(C(=O)c3cc(OC)c(OC)c(OC)c3)nn(CCC)c12.CCCc1nc(N)n(C)c1CNC. The zero-order valence-electron chi connectivity index (χ0n) is 28.6. The van der Waals surface area contributed by atoms with E-state index in [1.165, 1.54) is 27.0 Å². The van der Waals surface area contributed by atoms with E-state index in [0.29, 0.717) is 57.7 Å². The Balaban J connectivity index is 0.000000410. The number of halogens is 1. The van der Waals surface area contributed by atoms with Crippen molar-refractivity contribution in [1.29, 1.82) is 0 Å². The maximum absolute atomic E-state index is 13.5. The summed E-state index contributed by atoms with van der Waals surface area (Å²) in [5.41, 5.74) is 10.3. The summed E-state index contributed by atoms with van der Waals surface area (Å²) in [4.78, 5) is 17.9. The number of rotatable bonds is 12. The molecule has 4 rings (SSSR count). The summed E-state index contributed by atoms with van der Waals surface area (Å²) >= 11 is 2.94. The van der Waals surface area contributed by atoms with Crippen molar-refractivity contribution < 1.29 is 23.7 Å². The van der Waals surface area contributed by atoms with Gasteiger partial charge < -0.3 is 34.6 Å². The summed E-state index contributed by atoms with van der Waals surface area (Å²) in [6, 6.07) is 6.92. The predicted octanol–water partition coefficient (Wildman–Crippen LogP) is 5.77. The van der Waals surface area contributed by atoms with Gasteiger partial charge in [0, 0.05) is 31.1 Å². The normalized spacial score (nSPS) is 10.2. The number of hydrogen-bond acceptors (Lipinski definition) is 9. The molecule has 46 heavy (non-hydrogen) atoms. The molecule has 0 spiro atoms. The lowest BCUT2D eigenvalue weighted by atomic mass is 10.0. The molecule has 12 heteroatoms. The highest BCUT2D eigenvalue weighted by Gasteiger charge is 2.25. The molecule has 3 N–H and O–H groups in total. The number of benzene rings is 2. The van der Waals surface area contributed by atoms with Gasteiger partial charge in [-0.1, -0.05) is 42.1 Å². The number of methoxy groups -OCH3 is 4. The fourth-order valence-corrected chi connectivity index (χ4v) is 5.00. The topological polar surface area (TPSA) is 128 Å². The highest BCUT2D eigenvalue weighted by Crippen LogP contribution is 2.39. The van der Waals surface area contributed by atoms with Crippen molar-refractivity contribution in [2.24, 2.45) is 7.05 Å². The lowest BCUT2D eigenvalue weighted by Crippen LogP contribution is -2.11. The number of nitrogens with one attached hydrogen (secondary N) is 1. The van der Waals surface area contributed by atoms with Gasteiger partial charge in [-0.2, -0.15) is 5.10 Å². The largest absolute Gasteiger partial charge is 0.495 e. The number of anilines is 1. The Labute approximate surface area is 280 Å². The standard InChI is InChI=1S/C24H26N2O5.C9H18N4.CH3Br/c1-7-9-16-18(28-3)11-10-17-21(25-26(12-8-2)22(16)17)23(27)15-13-19(29-4)24(31-6)20(14-15)30-5;1-4-5-7-8(6-11-2)13(3)9(10)12-7;1-2/h10-11,13-14H,8,12H2,1-6H3;11H,4-6H2,1-3H3,(H2,10,12);1H3. The van der Waals surface area contributed by atoms with Gasteiger partial charge in [-0.3, -0.25) is 9.48 Å². The van der Waals surface area contributed by atoms with Gasteiger partial charge in [0.2, 0.25) is 11.5 Å². The molecule has 0 saturated heterocycles. The number of ketones is 1. The number of carbonyl (C=O) groups is 1. The Morgan fingerprint density at radius 2 is 1.63 bits per heavy atom. The first-order valence-corrected chi connectivity index (χ1v) is 16.5. The number of aromatic nitrogens is 4. The Hall–Kier alpha value is -4.21. The summed E-state index contributed by atoms with van der Waals surface area (Å²) in [6.45, 7) is 7.44. The average Bonchev–Trinajstić information content (AvgIpc) is 3.57. The van der Waals surface area contributed by atoms with Crippen LogP contribution in [-0.2, 0) is 26.6 Å². The summed E-state index contributed by atoms with van der Waals surface area (Å²) < 4.78 is 25.4. The van der Waals surface area contributed by atoms with Crippen molar-refractivity contribution >= 4 is 38.6 Å². The van der Waals surface area contributed by atoms with E-state index in [-0.39, 0.29) is 5.78 Å². The summed E-state index contributed by atoms with van der Waals surface area (Å²) in [5, 5.41) is 8.49. The van der Waals surface area contributed by atoms with Crippen LogP contribution in [0, 0.1) is 11.8 Å². The van der Waals surface area contributed by atoms with Crippen molar-refractivity contribution in [1.82, 2.24) is 24.6 Å². The van der Waals surface area contributed by atoms with Crippen LogP contribution in [0.4, 0.5) is 5.95 Å². The van der Waals surface area contributed by atoms with E-state index in [0.717, 1.165) is 37.0 Å². The van der Waals surface area contributed by atoms with Crippen LogP contribution in [0.3, 0.4) is 0 Å². The van der Waals surface area contributed by atoms with Crippen molar-refractivity contribution in [2.45, 2.75) is 53.1 Å². The zero-order chi connectivity index (χ0) is 34.4. The fraction of sp³-hybridized carbons (Fsp3) is 0.441. The van der Waals surface area contributed by atoms with Gasteiger partial charge in [-0.25, -0.2) is 4.98 Å². The van der Waals surface area contributed by atoms with Crippen LogP contribution in [0.5, 0.6) is 23.0 Å². The third kappa shape index (κ3) is 8.33. The molecular weight excluding hydrogens is 652 g/mol. The first-order valence-electron chi connectivity index (χ1n) is 14.9. The van der Waals surface area contributed by atoms with E-state index in [1.807, 2.05) is 41.3 Å². The Bertz CT molecular complexity index is 1640. The van der Waals surface area contributed by atoms with E-state index >= 15 is 0 Å². The maximum atomic E-state index is 13.5. The smallest absolute Gasteiger partial charge is 0.214 e. The number of nitrogens with two attached hydrogens (primary N) is 1. The number of fused-ring (bicyclic) bond motifs is 1. The molecule has 4 aromatic rings.